The Bertz CT molecular complexity index is 424. The number of alkyl halides is 2. The Kier molecular flexibility index (Phi) is 4.30. The maximum Gasteiger partial charge on any atom is 0.310 e. The van der Waals surface area contributed by atoms with E-state index in [0.717, 1.165) is 13.2 Å². The van der Waals surface area contributed by atoms with Gasteiger partial charge in [-0.15, -0.1) is 0 Å². The highest BCUT2D eigenvalue weighted by molar-refractivity contribution is 5.73. The third-order valence-corrected chi connectivity index (χ3v) is 2.08. The van der Waals surface area contributed by atoms with Gasteiger partial charge in [-0.25, -0.2) is 8.78 Å². The van der Waals surface area contributed by atoms with Crippen molar-refractivity contribution in [2.24, 2.45) is 0 Å². The number of carbonyl (C=O) groups is 1. The van der Waals surface area contributed by atoms with E-state index in [4.69, 9.17) is 0 Å². The Labute approximate surface area is 95.4 Å². The van der Waals surface area contributed by atoms with Gasteiger partial charge in [-0.3, -0.25) is 4.79 Å². The van der Waals surface area contributed by atoms with Crippen molar-refractivity contribution in [1.29, 1.82) is 0 Å². The number of rotatable bonds is 4. The van der Waals surface area contributed by atoms with Gasteiger partial charge in [0.25, 0.3) is 6.43 Å². The van der Waals surface area contributed by atoms with Crippen LogP contribution < -0.4 is 4.74 Å². The number of hydrogen-bond donors (Lipinski definition) is 0. The summed E-state index contributed by atoms with van der Waals surface area (Å²) in [6, 6.07) is 0.895. The van der Waals surface area contributed by atoms with Crippen molar-refractivity contribution in [2.45, 2.75) is 12.8 Å². The summed E-state index contributed by atoms with van der Waals surface area (Å²) in [4.78, 5) is 14.3. The van der Waals surface area contributed by atoms with E-state index < -0.39 is 35.9 Å². The molecule has 1 aromatic heterocycles. The molecule has 0 unspecified atom stereocenters. The first-order chi connectivity index (χ1) is 7.99. The lowest BCUT2D eigenvalue weighted by molar-refractivity contribution is -0.139. The quantitative estimate of drug-likeness (QED) is 0.604. The van der Waals surface area contributed by atoms with Gasteiger partial charge in [0.2, 0.25) is 11.8 Å². The van der Waals surface area contributed by atoms with Crippen molar-refractivity contribution in [3.05, 3.63) is 23.1 Å². The van der Waals surface area contributed by atoms with Crippen molar-refractivity contribution in [3.63, 3.8) is 0 Å². The molecule has 4 nitrogen and oxygen atoms in total. The molecule has 0 aromatic carbocycles. The van der Waals surface area contributed by atoms with Crippen LogP contribution in [0.3, 0.4) is 0 Å². The lowest BCUT2D eigenvalue weighted by Gasteiger charge is -2.10. The largest absolute Gasteiger partial charge is 0.481 e. The molecule has 0 amide bonds. The van der Waals surface area contributed by atoms with Gasteiger partial charge in [0, 0.05) is 17.2 Å². The molecule has 0 radical (unpaired) electrons. The molecule has 0 atom stereocenters. The van der Waals surface area contributed by atoms with Crippen LogP contribution in [0.4, 0.5) is 13.2 Å². The van der Waals surface area contributed by atoms with Gasteiger partial charge in [-0.1, -0.05) is 0 Å². The smallest absolute Gasteiger partial charge is 0.310 e. The second-order valence-corrected chi connectivity index (χ2v) is 3.08. The van der Waals surface area contributed by atoms with E-state index in [2.05, 4.69) is 14.5 Å². The molecule has 0 aliphatic rings. The maximum atomic E-state index is 13.4. The first-order valence-corrected chi connectivity index (χ1v) is 4.57. The average Bonchev–Trinajstić information content (AvgIpc) is 2.30. The molecule has 1 aromatic rings. The highest BCUT2D eigenvalue weighted by Crippen LogP contribution is 2.28. The van der Waals surface area contributed by atoms with Crippen molar-refractivity contribution < 1.29 is 27.4 Å². The zero-order valence-electron chi connectivity index (χ0n) is 9.17. The standard InChI is InChI=1S/C10H10F3NO3/c1-16-7-3-5(9(11)12)6(10(13)14-7)4-8(15)17-2/h3,9H,4H2,1-2H3. The third kappa shape index (κ3) is 3.08. The maximum absolute atomic E-state index is 13.4. The van der Waals surface area contributed by atoms with Gasteiger partial charge >= 0.3 is 5.97 Å². The molecular weight excluding hydrogens is 239 g/mol. The number of nitrogens with zero attached hydrogens (tertiary/aromatic N) is 1. The monoisotopic (exact) mass is 249 g/mol. The molecule has 0 saturated heterocycles. The summed E-state index contributed by atoms with van der Waals surface area (Å²) in [6.45, 7) is 0. The molecule has 0 fully saturated rings. The number of carbonyl (C=O) groups excluding carboxylic acids is 1. The number of esters is 1. The topological polar surface area (TPSA) is 48.4 Å². The number of hydrogen-bond acceptors (Lipinski definition) is 4. The van der Waals surface area contributed by atoms with E-state index in [-0.39, 0.29) is 5.88 Å². The van der Waals surface area contributed by atoms with Gasteiger partial charge in [0.15, 0.2) is 0 Å². The molecule has 94 valence electrons. The van der Waals surface area contributed by atoms with Crippen LogP contribution in [0.15, 0.2) is 6.07 Å². The average molecular weight is 249 g/mol. The van der Waals surface area contributed by atoms with Gasteiger partial charge in [-0.2, -0.15) is 9.37 Å². The predicted molar refractivity (Wildman–Crippen MR) is 51.4 cm³/mol. The van der Waals surface area contributed by atoms with Crippen LogP contribution in [-0.4, -0.2) is 25.2 Å². The summed E-state index contributed by atoms with van der Waals surface area (Å²) in [5.41, 5.74) is -1.10. The number of aromatic nitrogens is 1. The van der Waals surface area contributed by atoms with E-state index in [0.29, 0.717) is 0 Å². The second-order valence-electron chi connectivity index (χ2n) is 3.08. The van der Waals surface area contributed by atoms with E-state index >= 15 is 0 Å². The SMILES string of the molecule is COC(=O)Cc1c(C(F)F)cc(OC)nc1F. The molecule has 0 bridgehead atoms. The summed E-state index contributed by atoms with van der Waals surface area (Å²) in [7, 11) is 2.26. The summed E-state index contributed by atoms with van der Waals surface area (Å²) in [6.07, 6.45) is -3.53. The molecule has 1 rings (SSSR count). The fraction of sp³-hybridized carbons (Fsp3) is 0.400. The Morgan fingerprint density at radius 1 is 1.47 bits per heavy atom. The molecule has 1 heterocycles. The Morgan fingerprint density at radius 2 is 2.12 bits per heavy atom. The molecule has 0 aliphatic heterocycles. The van der Waals surface area contributed by atoms with Crippen LogP contribution in [-0.2, 0) is 16.0 Å². The van der Waals surface area contributed by atoms with E-state index in [1.807, 2.05) is 0 Å². The minimum Gasteiger partial charge on any atom is -0.481 e. The number of pyridine rings is 1. The normalized spacial score (nSPS) is 10.5. The number of halogens is 3. The van der Waals surface area contributed by atoms with Crippen LogP contribution in [0.2, 0.25) is 0 Å². The zero-order valence-corrected chi connectivity index (χ0v) is 9.17. The molecule has 0 N–H and O–H groups in total. The Morgan fingerprint density at radius 3 is 2.59 bits per heavy atom. The highest BCUT2D eigenvalue weighted by Gasteiger charge is 2.22. The summed E-state index contributed by atoms with van der Waals surface area (Å²) < 4.78 is 47.6. The van der Waals surface area contributed by atoms with Crippen LogP contribution in [0.1, 0.15) is 17.6 Å². The fourth-order valence-electron chi connectivity index (χ4n) is 1.23. The summed E-state index contributed by atoms with van der Waals surface area (Å²) >= 11 is 0. The van der Waals surface area contributed by atoms with E-state index in [9.17, 15) is 18.0 Å². The molecule has 7 heteroatoms. The summed E-state index contributed by atoms with van der Waals surface area (Å²) in [5.74, 6) is -2.26. The Balaban J connectivity index is 3.21. The lowest BCUT2D eigenvalue weighted by atomic mass is 10.1. The van der Waals surface area contributed by atoms with Gasteiger partial charge < -0.3 is 9.47 Å². The van der Waals surface area contributed by atoms with E-state index in [1.54, 1.807) is 0 Å². The third-order valence-electron chi connectivity index (χ3n) is 2.08. The van der Waals surface area contributed by atoms with Gasteiger partial charge in [0.05, 0.1) is 20.6 Å². The minimum absolute atomic E-state index is 0.272. The number of ether oxygens (including phenoxy) is 2. The first kappa shape index (κ1) is 13.3. The molecular formula is C10H10F3NO3. The van der Waals surface area contributed by atoms with Crippen LogP contribution >= 0.6 is 0 Å². The fourth-order valence-corrected chi connectivity index (χ4v) is 1.23. The lowest BCUT2D eigenvalue weighted by Crippen LogP contribution is -2.11. The molecule has 17 heavy (non-hydrogen) atoms. The van der Waals surface area contributed by atoms with Crippen molar-refractivity contribution in [3.8, 4) is 5.88 Å². The van der Waals surface area contributed by atoms with E-state index in [1.165, 1.54) is 7.11 Å². The van der Waals surface area contributed by atoms with Crippen LogP contribution in [0.25, 0.3) is 0 Å². The van der Waals surface area contributed by atoms with Crippen LogP contribution in [0.5, 0.6) is 5.88 Å². The summed E-state index contributed by atoms with van der Waals surface area (Å²) in [5, 5.41) is 0. The predicted octanol–water partition coefficient (Wildman–Crippen LogP) is 1.88. The first-order valence-electron chi connectivity index (χ1n) is 4.57. The van der Waals surface area contributed by atoms with Gasteiger partial charge in [-0.05, 0) is 0 Å². The van der Waals surface area contributed by atoms with Crippen LogP contribution in [0, 0.1) is 5.95 Å². The van der Waals surface area contributed by atoms with Crippen molar-refractivity contribution >= 4 is 5.97 Å². The van der Waals surface area contributed by atoms with Gasteiger partial charge in [0.1, 0.15) is 0 Å². The number of methoxy groups -OCH3 is 2. The molecule has 0 saturated carbocycles. The molecule has 0 aliphatic carbocycles. The highest BCUT2D eigenvalue weighted by atomic mass is 19.3. The zero-order chi connectivity index (χ0) is 13.0. The Hall–Kier alpha value is -1.79. The van der Waals surface area contributed by atoms with Crippen molar-refractivity contribution in [2.75, 3.05) is 14.2 Å². The second kappa shape index (κ2) is 5.51. The minimum atomic E-state index is -2.93. The van der Waals surface area contributed by atoms with Crippen molar-refractivity contribution in [1.82, 2.24) is 4.98 Å². The molecule has 0 spiro atoms.